The van der Waals surface area contributed by atoms with E-state index in [-0.39, 0.29) is 0 Å². The molecule has 0 bridgehead atoms. The SMILES string of the molecule is CN(CCCN=[N+]=[N-])CC(C)(C)C. The van der Waals surface area contributed by atoms with E-state index in [0.717, 1.165) is 19.5 Å². The molecule has 0 aliphatic rings. The molecule has 0 aliphatic heterocycles. The third kappa shape index (κ3) is 9.18. The molecule has 4 heteroatoms. The van der Waals surface area contributed by atoms with Crippen molar-refractivity contribution in [1.29, 1.82) is 0 Å². The molecule has 0 spiro atoms. The molecule has 0 aliphatic carbocycles. The lowest BCUT2D eigenvalue weighted by molar-refractivity contribution is 0.226. The van der Waals surface area contributed by atoms with Gasteiger partial charge in [0.1, 0.15) is 0 Å². The Labute approximate surface area is 80.6 Å². The van der Waals surface area contributed by atoms with Gasteiger partial charge in [-0.25, -0.2) is 0 Å². The molecule has 0 saturated heterocycles. The van der Waals surface area contributed by atoms with Crippen molar-refractivity contribution in [3.8, 4) is 0 Å². The lowest BCUT2D eigenvalue weighted by atomic mass is 9.96. The molecule has 76 valence electrons. The van der Waals surface area contributed by atoms with Crippen molar-refractivity contribution in [2.45, 2.75) is 27.2 Å². The zero-order valence-corrected chi connectivity index (χ0v) is 9.12. The van der Waals surface area contributed by atoms with E-state index in [0.29, 0.717) is 12.0 Å². The molecule has 0 unspecified atom stereocenters. The van der Waals surface area contributed by atoms with Crippen LogP contribution in [-0.4, -0.2) is 31.6 Å². The van der Waals surface area contributed by atoms with E-state index in [1.54, 1.807) is 0 Å². The summed E-state index contributed by atoms with van der Waals surface area (Å²) < 4.78 is 0. The lowest BCUT2D eigenvalue weighted by Crippen LogP contribution is -2.30. The number of azide groups is 1. The third-order valence-electron chi connectivity index (χ3n) is 1.61. The van der Waals surface area contributed by atoms with E-state index in [1.807, 2.05) is 0 Å². The van der Waals surface area contributed by atoms with Gasteiger partial charge in [-0.2, -0.15) is 0 Å². The summed E-state index contributed by atoms with van der Waals surface area (Å²) in [6, 6.07) is 0. The minimum absolute atomic E-state index is 0.341. The molecule has 0 aromatic carbocycles. The normalized spacial score (nSPS) is 11.5. The van der Waals surface area contributed by atoms with Gasteiger partial charge in [0.15, 0.2) is 0 Å². The smallest absolute Gasteiger partial charge is 0.0270 e. The van der Waals surface area contributed by atoms with Crippen LogP contribution in [0.5, 0.6) is 0 Å². The molecule has 4 nitrogen and oxygen atoms in total. The van der Waals surface area contributed by atoms with E-state index in [9.17, 15) is 0 Å². The van der Waals surface area contributed by atoms with E-state index < -0.39 is 0 Å². The largest absolute Gasteiger partial charge is 0.306 e. The molecule has 0 amide bonds. The first kappa shape index (κ1) is 12.3. The van der Waals surface area contributed by atoms with E-state index in [2.05, 4.69) is 42.7 Å². The molecular formula is C9H20N4. The van der Waals surface area contributed by atoms with Gasteiger partial charge >= 0.3 is 0 Å². The predicted octanol–water partition coefficient (Wildman–Crippen LogP) is 2.66. The minimum Gasteiger partial charge on any atom is -0.306 e. The van der Waals surface area contributed by atoms with Gasteiger partial charge in [-0.3, -0.25) is 0 Å². The van der Waals surface area contributed by atoms with E-state index in [4.69, 9.17) is 5.53 Å². The molecule has 0 atom stereocenters. The first-order valence-electron chi connectivity index (χ1n) is 4.65. The molecule has 0 rings (SSSR count). The molecular weight excluding hydrogens is 164 g/mol. The van der Waals surface area contributed by atoms with Crippen molar-refractivity contribution in [2.24, 2.45) is 10.5 Å². The van der Waals surface area contributed by atoms with Crippen LogP contribution in [0, 0.1) is 5.41 Å². The summed E-state index contributed by atoms with van der Waals surface area (Å²) in [5.41, 5.74) is 8.40. The first-order chi connectivity index (χ1) is 5.95. The Balaban J connectivity index is 3.51. The Hall–Kier alpha value is -0.730. The zero-order chi connectivity index (χ0) is 10.3. The number of hydrogen-bond donors (Lipinski definition) is 0. The predicted molar refractivity (Wildman–Crippen MR) is 55.6 cm³/mol. The van der Waals surface area contributed by atoms with Crippen LogP contribution in [0.25, 0.3) is 10.4 Å². The summed E-state index contributed by atoms with van der Waals surface area (Å²) in [5.74, 6) is 0. The summed E-state index contributed by atoms with van der Waals surface area (Å²) in [6.07, 6.45) is 0.941. The monoisotopic (exact) mass is 184 g/mol. The first-order valence-corrected chi connectivity index (χ1v) is 4.65. The highest BCUT2D eigenvalue weighted by Gasteiger charge is 2.12. The average Bonchev–Trinajstić information content (AvgIpc) is 1.94. The Kier molecular flexibility index (Phi) is 5.51. The van der Waals surface area contributed by atoms with Gasteiger partial charge < -0.3 is 4.90 Å². The fourth-order valence-electron chi connectivity index (χ4n) is 1.34. The highest BCUT2D eigenvalue weighted by molar-refractivity contribution is 4.66. The van der Waals surface area contributed by atoms with Crippen LogP contribution in [0.1, 0.15) is 27.2 Å². The van der Waals surface area contributed by atoms with Crippen molar-refractivity contribution in [2.75, 3.05) is 26.7 Å². The summed E-state index contributed by atoms with van der Waals surface area (Å²) in [6.45, 7) is 9.33. The van der Waals surface area contributed by atoms with Crippen LogP contribution < -0.4 is 0 Å². The maximum atomic E-state index is 8.06. The van der Waals surface area contributed by atoms with Crippen LogP contribution in [0.4, 0.5) is 0 Å². The van der Waals surface area contributed by atoms with Gasteiger partial charge in [0, 0.05) is 18.0 Å². The molecule has 0 radical (unpaired) electrons. The van der Waals surface area contributed by atoms with Crippen LogP contribution in [-0.2, 0) is 0 Å². The summed E-state index contributed by atoms with van der Waals surface area (Å²) in [5, 5.41) is 3.49. The Morgan fingerprint density at radius 1 is 1.38 bits per heavy atom. The number of nitrogens with zero attached hydrogens (tertiary/aromatic N) is 4. The zero-order valence-electron chi connectivity index (χ0n) is 9.12. The van der Waals surface area contributed by atoms with Gasteiger partial charge in [-0.05, 0) is 31.0 Å². The summed E-state index contributed by atoms with van der Waals surface area (Å²) >= 11 is 0. The molecule has 0 aromatic rings. The van der Waals surface area contributed by atoms with Crippen molar-refractivity contribution in [3.05, 3.63) is 10.4 Å². The van der Waals surface area contributed by atoms with Crippen LogP contribution >= 0.6 is 0 Å². The molecule has 0 N–H and O–H groups in total. The van der Waals surface area contributed by atoms with E-state index in [1.165, 1.54) is 0 Å². The van der Waals surface area contributed by atoms with Gasteiger partial charge in [-0.1, -0.05) is 25.9 Å². The van der Waals surface area contributed by atoms with Crippen LogP contribution in [0.3, 0.4) is 0 Å². The standard InChI is InChI=1S/C9H20N4/c1-9(2,3)8-13(4)7-5-6-11-12-10/h5-8H2,1-4H3. The molecule has 0 saturated carbocycles. The summed E-state index contributed by atoms with van der Waals surface area (Å²) in [4.78, 5) is 4.98. The second kappa shape index (κ2) is 5.84. The van der Waals surface area contributed by atoms with Gasteiger partial charge in [0.2, 0.25) is 0 Å². The Morgan fingerprint density at radius 3 is 2.46 bits per heavy atom. The minimum atomic E-state index is 0.341. The van der Waals surface area contributed by atoms with Crippen molar-refractivity contribution in [3.63, 3.8) is 0 Å². The van der Waals surface area contributed by atoms with Crippen molar-refractivity contribution >= 4 is 0 Å². The number of rotatable bonds is 5. The summed E-state index contributed by atoms with van der Waals surface area (Å²) in [7, 11) is 2.10. The van der Waals surface area contributed by atoms with E-state index >= 15 is 0 Å². The highest BCUT2D eigenvalue weighted by atomic mass is 15.1. The van der Waals surface area contributed by atoms with Gasteiger partial charge in [-0.15, -0.1) is 0 Å². The molecule has 0 heterocycles. The van der Waals surface area contributed by atoms with Gasteiger partial charge in [0.25, 0.3) is 0 Å². The third-order valence-corrected chi connectivity index (χ3v) is 1.61. The molecule has 0 aromatic heterocycles. The van der Waals surface area contributed by atoms with Gasteiger partial charge in [0.05, 0.1) is 0 Å². The lowest BCUT2D eigenvalue weighted by Gasteiger charge is -2.26. The number of hydrogen-bond acceptors (Lipinski definition) is 2. The molecule has 13 heavy (non-hydrogen) atoms. The van der Waals surface area contributed by atoms with Crippen molar-refractivity contribution in [1.82, 2.24) is 4.90 Å². The fourth-order valence-corrected chi connectivity index (χ4v) is 1.34. The second-order valence-electron chi connectivity index (χ2n) is 4.61. The maximum Gasteiger partial charge on any atom is 0.0270 e. The Morgan fingerprint density at radius 2 is 2.00 bits per heavy atom. The second-order valence-corrected chi connectivity index (χ2v) is 4.61. The quantitative estimate of drug-likeness (QED) is 0.280. The van der Waals surface area contributed by atoms with Crippen LogP contribution in [0.2, 0.25) is 0 Å². The Bertz CT molecular complexity index is 177. The van der Waals surface area contributed by atoms with Crippen molar-refractivity contribution < 1.29 is 0 Å². The molecule has 0 fully saturated rings. The fraction of sp³-hybridized carbons (Fsp3) is 1.00. The van der Waals surface area contributed by atoms with Crippen LogP contribution in [0.15, 0.2) is 5.11 Å². The topological polar surface area (TPSA) is 52.0 Å². The maximum absolute atomic E-state index is 8.06. The average molecular weight is 184 g/mol. The highest BCUT2D eigenvalue weighted by Crippen LogP contribution is 2.13.